The molecule has 1 amide bonds. The smallest absolute Gasteiger partial charge is 0.246 e. The number of carbonyl (C=O) groups is 1. The Morgan fingerprint density at radius 2 is 2.16 bits per heavy atom. The number of rotatable bonds is 6. The molecule has 1 aromatic carbocycles. The van der Waals surface area contributed by atoms with E-state index < -0.39 is 21.8 Å². The Labute approximate surface area is 189 Å². The van der Waals surface area contributed by atoms with Crippen molar-refractivity contribution in [1.29, 1.82) is 0 Å². The number of piperidine rings is 1. The van der Waals surface area contributed by atoms with E-state index in [1.807, 2.05) is 0 Å². The highest BCUT2D eigenvalue weighted by Crippen LogP contribution is 2.24. The first kappa shape index (κ1) is 22.4. The molecule has 170 valence electrons. The first-order valence-electron chi connectivity index (χ1n) is 9.99. The van der Waals surface area contributed by atoms with Gasteiger partial charge in [-0.2, -0.15) is 14.5 Å². The first-order valence-corrected chi connectivity index (χ1v) is 11.8. The van der Waals surface area contributed by atoms with Gasteiger partial charge in [0, 0.05) is 43.6 Å². The summed E-state index contributed by atoms with van der Waals surface area (Å²) >= 11 is 6.06. The fourth-order valence-corrected chi connectivity index (χ4v) is 5.36. The summed E-state index contributed by atoms with van der Waals surface area (Å²) in [6.07, 6.45) is 5.58. The SMILES string of the molecule is Cn1cc(S(=O)(=O)N2CCC[C@H](C(=O)Nc3ccn(Cc4ccc(F)cc4Cl)n3)C2)cn1. The summed E-state index contributed by atoms with van der Waals surface area (Å²) in [4.78, 5) is 12.9. The predicted octanol–water partition coefficient (Wildman–Crippen LogP) is 2.50. The molecule has 3 aromatic rings. The Kier molecular flexibility index (Phi) is 6.31. The third-order valence-corrected chi connectivity index (χ3v) is 7.48. The van der Waals surface area contributed by atoms with Crippen molar-refractivity contribution in [2.24, 2.45) is 13.0 Å². The number of aromatic nitrogens is 4. The average Bonchev–Trinajstić information content (AvgIpc) is 3.39. The molecule has 12 heteroatoms. The van der Waals surface area contributed by atoms with E-state index in [0.29, 0.717) is 42.3 Å². The minimum atomic E-state index is -3.71. The van der Waals surface area contributed by atoms with Crippen molar-refractivity contribution in [3.63, 3.8) is 0 Å². The second-order valence-electron chi connectivity index (χ2n) is 7.68. The van der Waals surface area contributed by atoms with Crippen LogP contribution in [-0.4, -0.2) is 51.3 Å². The summed E-state index contributed by atoms with van der Waals surface area (Å²) in [5, 5.41) is 11.3. The molecule has 4 rings (SSSR count). The molecule has 2 aromatic heterocycles. The maximum atomic E-state index is 13.2. The number of anilines is 1. The molecule has 1 atom stereocenters. The molecule has 0 spiro atoms. The minimum absolute atomic E-state index is 0.0922. The quantitative estimate of drug-likeness (QED) is 0.584. The van der Waals surface area contributed by atoms with Crippen molar-refractivity contribution in [2.45, 2.75) is 24.3 Å². The molecular formula is C20H22ClFN6O3S. The summed E-state index contributed by atoms with van der Waals surface area (Å²) in [7, 11) is -2.06. The van der Waals surface area contributed by atoms with Crippen molar-refractivity contribution >= 4 is 33.3 Å². The highest BCUT2D eigenvalue weighted by Gasteiger charge is 2.34. The van der Waals surface area contributed by atoms with Crippen LogP contribution in [0.15, 0.2) is 47.8 Å². The fraction of sp³-hybridized carbons (Fsp3) is 0.350. The third kappa shape index (κ3) is 4.84. The number of nitrogens with one attached hydrogen (secondary N) is 1. The number of halogens is 2. The number of sulfonamides is 1. The van der Waals surface area contributed by atoms with Crippen LogP contribution in [-0.2, 0) is 28.4 Å². The molecule has 0 unspecified atom stereocenters. The van der Waals surface area contributed by atoms with Crippen LogP contribution >= 0.6 is 11.6 Å². The van der Waals surface area contributed by atoms with Gasteiger partial charge in [-0.1, -0.05) is 17.7 Å². The number of aryl methyl sites for hydroxylation is 1. The van der Waals surface area contributed by atoms with Gasteiger partial charge in [0.25, 0.3) is 0 Å². The van der Waals surface area contributed by atoms with Crippen molar-refractivity contribution in [2.75, 3.05) is 18.4 Å². The summed E-state index contributed by atoms with van der Waals surface area (Å²) in [5.41, 5.74) is 0.692. The van der Waals surface area contributed by atoms with Gasteiger partial charge < -0.3 is 5.32 Å². The minimum Gasteiger partial charge on any atom is -0.309 e. The van der Waals surface area contributed by atoms with Gasteiger partial charge in [-0.15, -0.1) is 0 Å². The summed E-state index contributed by atoms with van der Waals surface area (Å²) < 4.78 is 43.2. The van der Waals surface area contributed by atoms with E-state index >= 15 is 0 Å². The molecule has 1 fully saturated rings. The second kappa shape index (κ2) is 9.00. The first-order chi connectivity index (χ1) is 15.2. The van der Waals surface area contributed by atoms with Crippen molar-refractivity contribution in [3.8, 4) is 0 Å². The van der Waals surface area contributed by atoms with E-state index in [2.05, 4.69) is 15.5 Å². The van der Waals surface area contributed by atoms with Crippen LogP contribution in [0.5, 0.6) is 0 Å². The van der Waals surface area contributed by atoms with Crippen molar-refractivity contribution in [1.82, 2.24) is 23.9 Å². The topological polar surface area (TPSA) is 102 Å². The molecule has 9 nitrogen and oxygen atoms in total. The Bertz CT molecular complexity index is 1240. The Hall–Kier alpha value is -2.76. The maximum Gasteiger partial charge on any atom is 0.246 e. The monoisotopic (exact) mass is 480 g/mol. The molecular weight excluding hydrogens is 459 g/mol. The zero-order chi connectivity index (χ0) is 22.9. The summed E-state index contributed by atoms with van der Waals surface area (Å²) in [6.45, 7) is 0.762. The summed E-state index contributed by atoms with van der Waals surface area (Å²) in [6, 6.07) is 5.78. The molecule has 1 N–H and O–H groups in total. The van der Waals surface area contributed by atoms with Gasteiger partial charge in [0.2, 0.25) is 15.9 Å². The molecule has 3 heterocycles. The van der Waals surface area contributed by atoms with Crippen molar-refractivity contribution in [3.05, 3.63) is 59.3 Å². The van der Waals surface area contributed by atoms with Crippen molar-refractivity contribution < 1.29 is 17.6 Å². The van der Waals surface area contributed by atoms with Gasteiger partial charge >= 0.3 is 0 Å². The van der Waals surface area contributed by atoms with Gasteiger partial charge in [0.1, 0.15) is 10.7 Å². The number of amides is 1. The largest absolute Gasteiger partial charge is 0.309 e. The van der Waals surface area contributed by atoms with Gasteiger partial charge in [0.05, 0.1) is 18.7 Å². The van der Waals surface area contributed by atoms with Gasteiger partial charge in [-0.3, -0.25) is 14.2 Å². The molecule has 1 aliphatic rings. The number of carbonyl (C=O) groups excluding carboxylic acids is 1. The predicted molar refractivity (Wildman–Crippen MR) is 116 cm³/mol. The third-order valence-electron chi connectivity index (χ3n) is 5.31. The number of hydrogen-bond donors (Lipinski definition) is 1. The lowest BCUT2D eigenvalue weighted by atomic mass is 9.99. The zero-order valence-electron chi connectivity index (χ0n) is 17.3. The van der Waals surface area contributed by atoms with Crippen LogP contribution in [0, 0.1) is 11.7 Å². The molecule has 1 saturated heterocycles. The molecule has 32 heavy (non-hydrogen) atoms. The standard InChI is InChI=1S/C20H22ClFN6O3S/c1-26-13-17(10-23-26)32(30,31)28-7-2-3-15(12-28)20(29)24-19-6-8-27(25-19)11-14-4-5-16(22)9-18(14)21/h4-6,8-10,13,15H,2-3,7,11-12H2,1H3,(H,24,25,29)/t15-/m0/s1. The molecule has 0 radical (unpaired) electrons. The van der Waals surface area contributed by atoms with E-state index in [1.165, 1.54) is 33.5 Å². The van der Waals surface area contributed by atoms with E-state index in [0.717, 1.165) is 0 Å². The van der Waals surface area contributed by atoms with Crippen LogP contribution in [0.2, 0.25) is 5.02 Å². The fourth-order valence-electron chi connectivity index (χ4n) is 3.62. The van der Waals surface area contributed by atoms with Gasteiger partial charge in [0.15, 0.2) is 5.82 Å². The highest BCUT2D eigenvalue weighted by atomic mass is 35.5. The number of hydrogen-bond acceptors (Lipinski definition) is 5. The van der Waals surface area contributed by atoms with Gasteiger partial charge in [-0.25, -0.2) is 12.8 Å². The lowest BCUT2D eigenvalue weighted by Crippen LogP contribution is -2.43. The number of nitrogens with zero attached hydrogens (tertiary/aromatic N) is 5. The Morgan fingerprint density at radius 3 is 2.88 bits per heavy atom. The van der Waals surface area contributed by atoms with Gasteiger partial charge in [-0.05, 0) is 30.5 Å². The number of benzene rings is 1. The molecule has 0 bridgehead atoms. The van der Waals surface area contributed by atoms with Crippen LogP contribution in [0.25, 0.3) is 0 Å². The lowest BCUT2D eigenvalue weighted by molar-refractivity contribution is -0.120. The average molecular weight is 481 g/mol. The van der Waals surface area contributed by atoms with Crippen LogP contribution in [0.1, 0.15) is 18.4 Å². The van der Waals surface area contributed by atoms with Crippen LogP contribution < -0.4 is 5.32 Å². The second-order valence-corrected chi connectivity index (χ2v) is 10.0. The van der Waals surface area contributed by atoms with E-state index in [4.69, 9.17) is 11.6 Å². The summed E-state index contributed by atoms with van der Waals surface area (Å²) in [5.74, 6) is -0.854. The normalized spacial score (nSPS) is 17.4. The van der Waals surface area contributed by atoms with Crippen LogP contribution in [0.3, 0.4) is 0 Å². The molecule has 1 aliphatic heterocycles. The Balaban J connectivity index is 1.40. The van der Waals surface area contributed by atoms with Crippen LogP contribution in [0.4, 0.5) is 10.2 Å². The zero-order valence-corrected chi connectivity index (χ0v) is 18.9. The molecule has 0 saturated carbocycles. The van der Waals surface area contributed by atoms with E-state index in [-0.39, 0.29) is 17.3 Å². The van der Waals surface area contributed by atoms with E-state index in [9.17, 15) is 17.6 Å². The highest BCUT2D eigenvalue weighted by molar-refractivity contribution is 7.89. The molecule has 0 aliphatic carbocycles. The lowest BCUT2D eigenvalue weighted by Gasteiger charge is -2.30. The Morgan fingerprint density at radius 1 is 1.34 bits per heavy atom. The van der Waals surface area contributed by atoms with E-state index in [1.54, 1.807) is 30.1 Å². The maximum absolute atomic E-state index is 13.2.